The number of carbonyl (C=O) groups is 1. The molecule has 0 amide bonds. The average Bonchev–Trinajstić information content (AvgIpc) is 2.62. The minimum atomic E-state index is -1.01. The zero-order chi connectivity index (χ0) is 12.3. The maximum Gasteiger partial charge on any atom is 0.345 e. The van der Waals surface area contributed by atoms with Crippen LogP contribution in [0.4, 0.5) is 0 Å². The summed E-state index contributed by atoms with van der Waals surface area (Å²) in [5.74, 6) is -1.01. The summed E-state index contributed by atoms with van der Waals surface area (Å²) in [4.78, 5) is 15.0. The monoisotopic (exact) mass is 322 g/mol. The molecule has 86 valence electrons. The summed E-state index contributed by atoms with van der Waals surface area (Å²) in [6, 6.07) is 1.47. The van der Waals surface area contributed by atoms with Crippen molar-refractivity contribution < 1.29 is 9.90 Å². The number of carboxylic acids is 1. The summed E-state index contributed by atoms with van der Waals surface area (Å²) >= 11 is 10.2. The fraction of sp³-hybridized carbons (Fsp3) is 0.111. The molecule has 0 aliphatic rings. The first-order valence-corrected chi connectivity index (χ1v) is 6.07. The van der Waals surface area contributed by atoms with Gasteiger partial charge in [0.25, 0.3) is 0 Å². The standard InChI is InChI=1S/C9H8BrClN2O2S/c1-13-7(5(10)3-12)4-2-6(9(14)15)16-8(4)11/h2-3H,12H2,1H3,(H,14,15). The van der Waals surface area contributed by atoms with Crippen molar-refractivity contribution in [2.24, 2.45) is 10.7 Å². The third kappa shape index (κ3) is 2.63. The molecule has 0 bridgehead atoms. The molecule has 0 atom stereocenters. The van der Waals surface area contributed by atoms with Crippen LogP contribution in [0, 0.1) is 0 Å². The highest BCUT2D eigenvalue weighted by atomic mass is 79.9. The third-order valence-corrected chi connectivity index (χ3v) is 3.74. The first-order valence-electron chi connectivity index (χ1n) is 4.08. The zero-order valence-electron chi connectivity index (χ0n) is 8.20. The molecular weight excluding hydrogens is 316 g/mol. The number of carboxylic acid groups (broad SMARTS) is 1. The van der Waals surface area contributed by atoms with Crippen molar-refractivity contribution in [3.05, 3.63) is 31.5 Å². The molecular formula is C9H8BrClN2O2S. The fourth-order valence-electron chi connectivity index (χ4n) is 1.07. The highest BCUT2D eigenvalue weighted by Crippen LogP contribution is 2.30. The third-order valence-electron chi connectivity index (χ3n) is 1.75. The molecule has 4 nitrogen and oxygen atoms in total. The van der Waals surface area contributed by atoms with Gasteiger partial charge in [-0.2, -0.15) is 0 Å². The molecule has 1 aromatic heterocycles. The Bertz CT molecular complexity index is 482. The number of halogens is 2. The number of nitrogens with zero attached hydrogens (tertiary/aromatic N) is 1. The second-order valence-electron chi connectivity index (χ2n) is 2.69. The van der Waals surface area contributed by atoms with Crippen LogP contribution in [0.2, 0.25) is 4.34 Å². The Kier molecular flexibility index (Phi) is 4.52. The molecule has 0 aliphatic heterocycles. The van der Waals surface area contributed by atoms with Gasteiger partial charge in [-0.05, 0) is 22.0 Å². The van der Waals surface area contributed by atoms with Crippen molar-refractivity contribution in [2.45, 2.75) is 0 Å². The smallest absolute Gasteiger partial charge is 0.345 e. The van der Waals surface area contributed by atoms with Gasteiger partial charge in [0.2, 0.25) is 0 Å². The van der Waals surface area contributed by atoms with Crippen LogP contribution in [0.15, 0.2) is 21.7 Å². The Morgan fingerprint density at radius 1 is 1.75 bits per heavy atom. The lowest BCUT2D eigenvalue weighted by atomic mass is 10.2. The molecule has 0 radical (unpaired) electrons. The van der Waals surface area contributed by atoms with E-state index in [0.29, 0.717) is 20.1 Å². The number of thiophene rings is 1. The van der Waals surface area contributed by atoms with E-state index in [1.54, 1.807) is 7.05 Å². The minimum absolute atomic E-state index is 0.165. The number of allylic oxidation sites excluding steroid dienone is 1. The predicted molar refractivity (Wildman–Crippen MR) is 69.9 cm³/mol. The van der Waals surface area contributed by atoms with Crippen LogP contribution in [0.25, 0.3) is 0 Å². The molecule has 1 heterocycles. The summed E-state index contributed by atoms with van der Waals surface area (Å²) < 4.78 is 0.934. The molecule has 16 heavy (non-hydrogen) atoms. The van der Waals surface area contributed by atoms with Crippen molar-refractivity contribution in [3.63, 3.8) is 0 Å². The van der Waals surface area contributed by atoms with Crippen molar-refractivity contribution in [1.82, 2.24) is 0 Å². The molecule has 7 heteroatoms. The molecule has 0 aliphatic carbocycles. The van der Waals surface area contributed by atoms with Crippen molar-refractivity contribution in [3.8, 4) is 0 Å². The first kappa shape index (κ1) is 13.2. The van der Waals surface area contributed by atoms with Gasteiger partial charge in [-0.3, -0.25) is 4.99 Å². The van der Waals surface area contributed by atoms with Gasteiger partial charge in [0.15, 0.2) is 0 Å². The molecule has 0 spiro atoms. The SMILES string of the molecule is CN=C(C(Br)=CN)c1cc(C(=O)O)sc1Cl. The summed E-state index contributed by atoms with van der Waals surface area (Å²) in [6.45, 7) is 0. The van der Waals surface area contributed by atoms with Gasteiger partial charge in [0.1, 0.15) is 9.21 Å². The van der Waals surface area contributed by atoms with Gasteiger partial charge in [-0.25, -0.2) is 4.79 Å². The van der Waals surface area contributed by atoms with Gasteiger partial charge in [-0.1, -0.05) is 11.6 Å². The van der Waals surface area contributed by atoms with E-state index in [1.807, 2.05) is 0 Å². The molecule has 1 rings (SSSR count). The van der Waals surface area contributed by atoms with Gasteiger partial charge in [0.05, 0.1) is 10.2 Å². The van der Waals surface area contributed by atoms with Crippen LogP contribution < -0.4 is 5.73 Å². The predicted octanol–water partition coefficient (Wildman–Crippen LogP) is 2.71. The second kappa shape index (κ2) is 5.47. The van der Waals surface area contributed by atoms with Crippen LogP contribution in [-0.2, 0) is 0 Å². The minimum Gasteiger partial charge on any atom is -0.477 e. The number of rotatable bonds is 3. The van der Waals surface area contributed by atoms with Gasteiger partial charge < -0.3 is 10.8 Å². The van der Waals surface area contributed by atoms with Crippen LogP contribution >= 0.6 is 38.9 Å². The number of aromatic carboxylic acids is 1. The van der Waals surface area contributed by atoms with Crippen molar-refractivity contribution in [2.75, 3.05) is 7.05 Å². The molecule has 1 aromatic rings. The van der Waals surface area contributed by atoms with Crippen LogP contribution in [-0.4, -0.2) is 23.8 Å². The number of nitrogens with two attached hydrogens (primary N) is 1. The summed E-state index contributed by atoms with van der Waals surface area (Å²) in [5.41, 5.74) is 6.44. The van der Waals surface area contributed by atoms with Crippen LogP contribution in [0.5, 0.6) is 0 Å². The average molecular weight is 324 g/mol. The van der Waals surface area contributed by atoms with E-state index < -0.39 is 5.97 Å². The van der Waals surface area contributed by atoms with Crippen molar-refractivity contribution >= 4 is 50.5 Å². The van der Waals surface area contributed by atoms with Crippen LogP contribution in [0.3, 0.4) is 0 Å². The summed E-state index contributed by atoms with van der Waals surface area (Å²) in [5, 5.41) is 8.83. The van der Waals surface area contributed by atoms with E-state index in [4.69, 9.17) is 22.4 Å². The quantitative estimate of drug-likeness (QED) is 0.840. The van der Waals surface area contributed by atoms with Crippen LogP contribution in [0.1, 0.15) is 15.2 Å². The summed E-state index contributed by atoms with van der Waals surface area (Å²) in [6.07, 6.45) is 1.33. The van der Waals surface area contributed by atoms with E-state index in [9.17, 15) is 4.79 Å². The lowest BCUT2D eigenvalue weighted by molar-refractivity contribution is 0.0702. The number of aliphatic imine (C=N–C) groups is 1. The number of hydrogen-bond acceptors (Lipinski definition) is 4. The van der Waals surface area contributed by atoms with Gasteiger partial charge in [-0.15, -0.1) is 11.3 Å². The Labute approximate surface area is 110 Å². The van der Waals surface area contributed by atoms with E-state index in [1.165, 1.54) is 12.3 Å². The van der Waals surface area contributed by atoms with Crippen molar-refractivity contribution in [1.29, 1.82) is 0 Å². The van der Waals surface area contributed by atoms with Gasteiger partial charge >= 0.3 is 5.97 Å². The molecule has 0 saturated carbocycles. The molecule has 3 N–H and O–H groups in total. The Balaban J connectivity index is 3.27. The normalized spacial score (nSPS) is 12.9. The Morgan fingerprint density at radius 2 is 2.38 bits per heavy atom. The first-order chi connectivity index (χ1) is 7.51. The molecule has 0 aromatic carbocycles. The largest absolute Gasteiger partial charge is 0.477 e. The van der Waals surface area contributed by atoms with Gasteiger partial charge in [0, 0.05) is 18.8 Å². The zero-order valence-corrected chi connectivity index (χ0v) is 11.4. The fourth-order valence-corrected chi connectivity index (χ4v) is 2.58. The lowest BCUT2D eigenvalue weighted by Gasteiger charge is -2.01. The Hall–Kier alpha value is -0.850. The molecule has 0 fully saturated rings. The van der Waals surface area contributed by atoms with E-state index >= 15 is 0 Å². The highest BCUT2D eigenvalue weighted by molar-refractivity contribution is 9.12. The van der Waals surface area contributed by atoms with E-state index in [0.717, 1.165) is 11.3 Å². The topological polar surface area (TPSA) is 75.7 Å². The molecule has 0 saturated heterocycles. The highest BCUT2D eigenvalue weighted by Gasteiger charge is 2.17. The maximum atomic E-state index is 10.8. The summed E-state index contributed by atoms with van der Waals surface area (Å²) in [7, 11) is 1.58. The molecule has 0 unspecified atom stereocenters. The lowest BCUT2D eigenvalue weighted by Crippen LogP contribution is -2.02. The van der Waals surface area contributed by atoms with E-state index in [-0.39, 0.29) is 4.88 Å². The van der Waals surface area contributed by atoms with E-state index in [2.05, 4.69) is 20.9 Å². The number of hydrogen-bond donors (Lipinski definition) is 2. The second-order valence-corrected chi connectivity index (χ2v) is 5.20. The Morgan fingerprint density at radius 3 is 2.75 bits per heavy atom. The maximum absolute atomic E-state index is 10.8.